The second-order valence-corrected chi connectivity index (χ2v) is 3.65. The number of unbranched alkanes of at least 4 members (excludes halogenated alkanes) is 1. The molecule has 0 aliphatic heterocycles. The Morgan fingerprint density at radius 2 is 2.22 bits per heavy atom. The van der Waals surface area contributed by atoms with Gasteiger partial charge in [-0.3, -0.25) is 9.79 Å². The number of aliphatic imine (C=N–C) groups is 1. The topological polar surface area (TPSA) is 53.9 Å². The van der Waals surface area contributed by atoms with Crippen LogP contribution in [0.4, 0.5) is 0 Å². The fraction of sp³-hybridized carbons (Fsp3) is 0.667. The first-order valence-corrected chi connectivity index (χ1v) is 5.75. The molecule has 0 radical (unpaired) electrons. The molecule has 0 aromatic carbocycles. The van der Waals surface area contributed by atoms with Crippen LogP contribution in [0, 0.1) is 0 Å². The van der Waals surface area contributed by atoms with Crippen LogP contribution >= 0.6 is 24.0 Å². The maximum absolute atomic E-state index is 10.9. The van der Waals surface area contributed by atoms with Crippen molar-refractivity contribution in [3.8, 4) is 0 Å². The van der Waals surface area contributed by atoms with Gasteiger partial charge < -0.3 is 15.0 Å². The second kappa shape index (κ2) is 12.7. The number of carbonyl (C=O) groups excluding carboxylic acids is 1. The van der Waals surface area contributed by atoms with Crippen LogP contribution in [0.3, 0.4) is 0 Å². The van der Waals surface area contributed by atoms with E-state index in [9.17, 15) is 4.79 Å². The first kappa shape index (κ1) is 19.5. The minimum absolute atomic E-state index is 0. The van der Waals surface area contributed by atoms with Gasteiger partial charge in [0, 0.05) is 27.2 Å². The summed E-state index contributed by atoms with van der Waals surface area (Å²) in [5.74, 6) is 0.570. The van der Waals surface area contributed by atoms with Crippen molar-refractivity contribution < 1.29 is 9.53 Å². The Hall–Kier alpha value is -0.790. The highest BCUT2D eigenvalue weighted by Crippen LogP contribution is 1.94. The van der Waals surface area contributed by atoms with Crippen LogP contribution in [-0.2, 0) is 9.53 Å². The van der Waals surface area contributed by atoms with Crippen LogP contribution in [-0.4, -0.2) is 51.1 Å². The van der Waals surface area contributed by atoms with Gasteiger partial charge in [0.15, 0.2) is 5.96 Å². The number of nitrogens with zero attached hydrogens (tertiary/aromatic N) is 2. The standard InChI is InChI=1S/C12H23N3O2.HI/c1-5-6-7-10-15(3)12(13-2)14-9-8-11(16)17-4;/h5H,1,6-10H2,2-4H3,(H,13,14);1H. The molecule has 0 aromatic heterocycles. The smallest absolute Gasteiger partial charge is 0.307 e. The van der Waals surface area contributed by atoms with E-state index in [0.29, 0.717) is 13.0 Å². The highest BCUT2D eigenvalue weighted by molar-refractivity contribution is 14.0. The van der Waals surface area contributed by atoms with Crippen molar-refractivity contribution in [3.63, 3.8) is 0 Å². The lowest BCUT2D eigenvalue weighted by Crippen LogP contribution is -2.40. The zero-order valence-corrected chi connectivity index (χ0v) is 13.8. The van der Waals surface area contributed by atoms with Gasteiger partial charge in [-0.2, -0.15) is 0 Å². The van der Waals surface area contributed by atoms with Gasteiger partial charge in [0.05, 0.1) is 13.5 Å². The van der Waals surface area contributed by atoms with Gasteiger partial charge in [0.1, 0.15) is 0 Å². The fourth-order valence-electron chi connectivity index (χ4n) is 1.34. The molecular formula is C12H24IN3O2. The number of nitrogens with one attached hydrogen (secondary N) is 1. The van der Waals surface area contributed by atoms with E-state index >= 15 is 0 Å². The number of esters is 1. The maximum Gasteiger partial charge on any atom is 0.307 e. The molecule has 0 amide bonds. The molecule has 0 bridgehead atoms. The Kier molecular flexibility index (Phi) is 13.7. The molecule has 0 heterocycles. The van der Waals surface area contributed by atoms with Crippen LogP contribution in [0.1, 0.15) is 19.3 Å². The molecule has 0 aromatic rings. The third kappa shape index (κ3) is 9.26. The fourth-order valence-corrected chi connectivity index (χ4v) is 1.34. The second-order valence-electron chi connectivity index (χ2n) is 3.65. The summed E-state index contributed by atoms with van der Waals surface area (Å²) in [5.41, 5.74) is 0. The molecule has 0 rings (SSSR count). The Bertz CT molecular complexity index is 270. The van der Waals surface area contributed by atoms with Crippen molar-refractivity contribution in [2.45, 2.75) is 19.3 Å². The highest BCUT2D eigenvalue weighted by Gasteiger charge is 2.05. The third-order valence-corrected chi connectivity index (χ3v) is 2.32. The monoisotopic (exact) mass is 369 g/mol. The zero-order chi connectivity index (χ0) is 13.1. The lowest BCUT2D eigenvalue weighted by atomic mass is 10.3. The lowest BCUT2D eigenvalue weighted by molar-refractivity contribution is -0.140. The Morgan fingerprint density at radius 3 is 2.72 bits per heavy atom. The molecular weight excluding hydrogens is 345 g/mol. The first-order valence-electron chi connectivity index (χ1n) is 5.75. The molecule has 106 valence electrons. The summed E-state index contributed by atoms with van der Waals surface area (Å²) in [6.45, 7) is 5.12. The van der Waals surface area contributed by atoms with E-state index in [0.717, 1.165) is 25.3 Å². The van der Waals surface area contributed by atoms with Crippen LogP contribution < -0.4 is 5.32 Å². The van der Waals surface area contributed by atoms with Gasteiger partial charge in [-0.25, -0.2) is 0 Å². The molecule has 0 aliphatic rings. The van der Waals surface area contributed by atoms with Crippen molar-refractivity contribution >= 4 is 35.9 Å². The van der Waals surface area contributed by atoms with Gasteiger partial charge in [0.2, 0.25) is 0 Å². The number of allylic oxidation sites excluding steroid dienone is 1. The summed E-state index contributed by atoms with van der Waals surface area (Å²) in [7, 11) is 5.08. The molecule has 5 nitrogen and oxygen atoms in total. The zero-order valence-electron chi connectivity index (χ0n) is 11.4. The molecule has 0 fully saturated rings. The normalized spacial score (nSPS) is 10.3. The van der Waals surface area contributed by atoms with Gasteiger partial charge in [-0.05, 0) is 12.8 Å². The van der Waals surface area contributed by atoms with E-state index in [1.54, 1.807) is 7.05 Å². The molecule has 0 saturated carbocycles. The Balaban J connectivity index is 0. The van der Waals surface area contributed by atoms with Gasteiger partial charge >= 0.3 is 5.97 Å². The summed E-state index contributed by atoms with van der Waals surface area (Å²) in [6.07, 6.45) is 4.28. The van der Waals surface area contributed by atoms with Crippen LogP contribution in [0.25, 0.3) is 0 Å². The summed E-state index contributed by atoms with van der Waals surface area (Å²) in [4.78, 5) is 17.1. The third-order valence-electron chi connectivity index (χ3n) is 2.32. The Morgan fingerprint density at radius 1 is 1.56 bits per heavy atom. The van der Waals surface area contributed by atoms with Crippen LogP contribution in [0.5, 0.6) is 0 Å². The minimum atomic E-state index is -0.220. The van der Waals surface area contributed by atoms with E-state index in [2.05, 4.69) is 21.6 Å². The number of ether oxygens (including phenoxy) is 1. The average molecular weight is 369 g/mol. The van der Waals surface area contributed by atoms with Crippen molar-refractivity contribution in [2.24, 2.45) is 4.99 Å². The SMILES string of the molecule is C=CCCCN(C)C(=NC)NCCC(=O)OC.I. The number of hydrogen-bond donors (Lipinski definition) is 1. The predicted molar refractivity (Wildman–Crippen MR) is 85.5 cm³/mol. The summed E-state index contributed by atoms with van der Waals surface area (Å²) in [6, 6.07) is 0. The molecule has 0 atom stereocenters. The first-order chi connectivity index (χ1) is 8.15. The van der Waals surface area contributed by atoms with Crippen molar-refractivity contribution in [1.29, 1.82) is 0 Å². The largest absolute Gasteiger partial charge is 0.469 e. The van der Waals surface area contributed by atoms with E-state index in [1.165, 1.54) is 7.11 Å². The van der Waals surface area contributed by atoms with Crippen molar-refractivity contribution in [1.82, 2.24) is 10.2 Å². The van der Waals surface area contributed by atoms with E-state index in [1.807, 2.05) is 18.0 Å². The number of hydrogen-bond acceptors (Lipinski definition) is 3. The van der Waals surface area contributed by atoms with Gasteiger partial charge in [0.25, 0.3) is 0 Å². The molecule has 6 heteroatoms. The summed E-state index contributed by atoms with van der Waals surface area (Å²) >= 11 is 0. The van der Waals surface area contributed by atoms with Crippen molar-refractivity contribution in [2.75, 3.05) is 34.3 Å². The molecule has 0 aliphatic carbocycles. The predicted octanol–water partition coefficient (Wildman–Crippen LogP) is 1.64. The van der Waals surface area contributed by atoms with E-state index in [4.69, 9.17) is 0 Å². The summed E-state index contributed by atoms with van der Waals surface area (Å²) in [5, 5.41) is 3.11. The number of guanidine groups is 1. The molecule has 1 N–H and O–H groups in total. The average Bonchev–Trinajstić information content (AvgIpc) is 2.34. The molecule has 18 heavy (non-hydrogen) atoms. The van der Waals surface area contributed by atoms with Gasteiger partial charge in [-0.15, -0.1) is 30.6 Å². The minimum Gasteiger partial charge on any atom is -0.469 e. The molecule has 0 saturated heterocycles. The van der Waals surface area contributed by atoms with E-state index in [-0.39, 0.29) is 29.9 Å². The van der Waals surface area contributed by atoms with Crippen LogP contribution in [0.2, 0.25) is 0 Å². The van der Waals surface area contributed by atoms with Crippen molar-refractivity contribution in [3.05, 3.63) is 12.7 Å². The number of carbonyl (C=O) groups is 1. The van der Waals surface area contributed by atoms with E-state index < -0.39 is 0 Å². The van der Waals surface area contributed by atoms with Gasteiger partial charge in [-0.1, -0.05) is 6.08 Å². The highest BCUT2D eigenvalue weighted by atomic mass is 127. The quantitative estimate of drug-likeness (QED) is 0.185. The maximum atomic E-state index is 10.9. The molecule has 0 spiro atoms. The van der Waals surface area contributed by atoms with Crippen LogP contribution in [0.15, 0.2) is 17.6 Å². The summed E-state index contributed by atoms with van der Waals surface area (Å²) < 4.78 is 4.56. The number of halogens is 1. The lowest BCUT2D eigenvalue weighted by Gasteiger charge is -2.21. The molecule has 0 unspecified atom stereocenters. The number of methoxy groups -OCH3 is 1. The number of rotatable bonds is 7. The Labute approximate surface area is 127 Å².